The lowest BCUT2D eigenvalue weighted by Crippen LogP contribution is -2.27. The monoisotopic (exact) mass is 432 g/mol. The molecule has 1 amide bonds. The number of nitrogens with zero attached hydrogens (tertiary/aromatic N) is 1. The van der Waals surface area contributed by atoms with Crippen LogP contribution in [0.1, 0.15) is 29.7 Å². The van der Waals surface area contributed by atoms with Crippen molar-refractivity contribution in [2.75, 3.05) is 0 Å². The average molecular weight is 433 g/mol. The molecule has 0 aliphatic carbocycles. The average Bonchev–Trinajstić information content (AvgIpc) is 2.87. The van der Waals surface area contributed by atoms with E-state index >= 15 is 0 Å². The van der Waals surface area contributed by atoms with Gasteiger partial charge in [-0.05, 0) is 41.0 Å². The molecule has 0 saturated heterocycles. The van der Waals surface area contributed by atoms with Crippen LogP contribution in [0.15, 0.2) is 103 Å². The van der Waals surface area contributed by atoms with E-state index in [-0.39, 0.29) is 11.6 Å². The Kier molecular flexibility index (Phi) is 6.82. The molecule has 0 unspecified atom stereocenters. The van der Waals surface area contributed by atoms with Crippen molar-refractivity contribution in [2.45, 2.75) is 19.6 Å². The number of carbonyl (C=O) groups excluding carboxylic acids is 1. The van der Waals surface area contributed by atoms with Crippen LogP contribution in [0.2, 0.25) is 0 Å². The number of rotatable bonds is 7. The van der Waals surface area contributed by atoms with Gasteiger partial charge in [0, 0.05) is 5.56 Å². The molecular weight excluding hydrogens is 408 g/mol. The van der Waals surface area contributed by atoms with Gasteiger partial charge in [-0.2, -0.15) is 5.26 Å². The molecule has 0 aliphatic rings. The van der Waals surface area contributed by atoms with Crippen molar-refractivity contribution in [1.82, 2.24) is 5.32 Å². The molecule has 0 saturated carbocycles. The van der Waals surface area contributed by atoms with Crippen molar-refractivity contribution < 1.29 is 9.53 Å². The van der Waals surface area contributed by atoms with E-state index in [1.807, 2.05) is 91.9 Å². The van der Waals surface area contributed by atoms with Crippen LogP contribution in [0.4, 0.5) is 0 Å². The highest BCUT2D eigenvalue weighted by atomic mass is 16.5. The van der Waals surface area contributed by atoms with Gasteiger partial charge in [-0.25, -0.2) is 0 Å². The van der Waals surface area contributed by atoms with Crippen LogP contribution in [-0.4, -0.2) is 5.91 Å². The number of fused-ring (bicyclic) bond motifs is 1. The molecule has 0 heterocycles. The molecule has 4 heteroatoms. The van der Waals surface area contributed by atoms with Gasteiger partial charge in [0.1, 0.15) is 24.0 Å². The number of benzene rings is 4. The summed E-state index contributed by atoms with van der Waals surface area (Å²) < 4.78 is 6.12. The maximum atomic E-state index is 12.8. The predicted molar refractivity (Wildman–Crippen MR) is 131 cm³/mol. The van der Waals surface area contributed by atoms with Gasteiger partial charge >= 0.3 is 0 Å². The number of ether oxygens (including phenoxy) is 1. The molecule has 0 bridgehead atoms. The summed E-state index contributed by atoms with van der Waals surface area (Å²) in [6.45, 7) is 2.27. The third-order valence-electron chi connectivity index (χ3n) is 5.49. The highest BCUT2D eigenvalue weighted by Gasteiger charge is 2.15. The Morgan fingerprint density at radius 2 is 1.64 bits per heavy atom. The first-order valence-electron chi connectivity index (χ1n) is 10.8. The van der Waals surface area contributed by atoms with Crippen LogP contribution >= 0.6 is 0 Å². The summed E-state index contributed by atoms with van der Waals surface area (Å²) in [5.74, 6) is 0.194. The van der Waals surface area contributed by atoms with Crippen LogP contribution in [-0.2, 0) is 11.4 Å². The Morgan fingerprint density at radius 3 is 2.45 bits per heavy atom. The van der Waals surface area contributed by atoms with Gasteiger partial charge in [-0.1, -0.05) is 91.0 Å². The zero-order valence-electron chi connectivity index (χ0n) is 18.4. The number of para-hydroxylation sites is 1. The zero-order valence-corrected chi connectivity index (χ0v) is 18.4. The summed E-state index contributed by atoms with van der Waals surface area (Å²) in [4.78, 5) is 12.8. The SMILES string of the molecule is C[C@H](NC(=O)/C(C#N)=C\c1ccccc1OCc1cccc2ccccc12)c1ccccc1. The summed E-state index contributed by atoms with van der Waals surface area (Å²) in [6.07, 6.45) is 1.57. The van der Waals surface area contributed by atoms with Gasteiger partial charge in [0.05, 0.1) is 6.04 Å². The van der Waals surface area contributed by atoms with E-state index in [9.17, 15) is 10.1 Å². The lowest BCUT2D eigenvalue weighted by atomic mass is 10.1. The van der Waals surface area contributed by atoms with E-state index in [1.54, 1.807) is 6.08 Å². The lowest BCUT2D eigenvalue weighted by Gasteiger charge is -2.14. The van der Waals surface area contributed by atoms with E-state index in [0.29, 0.717) is 17.9 Å². The van der Waals surface area contributed by atoms with Crippen LogP contribution < -0.4 is 10.1 Å². The van der Waals surface area contributed by atoms with E-state index in [1.165, 1.54) is 0 Å². The van der Waals surface area contributed by atoms with Gasteiger partial charge in [0.15, 0.2) is 0 Å². The molecular formula is C29H24N2O2. The van der Waals surface area contributed by atoms with Crippen molar-refractivity contribution in [1.29, 1.82) is 5.26 Å². The van der Waals surface area contributed by atoms with Gasteiger partial charge in [-0.15, -0.1) is 0 Å². The minimum absolute atomic E-state index is 0.0268. The first-order valence-corrected chi connectivity index (χ1v) is 10.8. The molecule has 1 N–H and O–H groups in total. The predicted octanol–water partition coefficient (Wildman–Crippen LogP) is 6.20. The largest absolute Gasteiger partial charge is 0.488 e. The highest BCUT2D eigenvalue weighted by molar-refractivity contribution is 6.02. The van der Waals surface area contributed by atoms with E-state index in [4.69, 9.17) is 4.74 Å². The third kappa shape index (κ3) is 5.28. The first-order chi connectivity index (χ1) is 16.2. The molecule has 0 aromatic heterocycles. The summed E-state index contributed by atoms with van der Waals surface area (Å²) >= 11 is 0. The molecule has 4 aromatic rings. The Bertz CT molecular complexity index is 1330. The lowest BCUT2D eigenvalue weighted by molar-refractivity contribution is -0.117. The van der Waals surface area contributed by atoms with E-state index < -0.39 is 5.91 Å². The smallest absolute Gasteiger partial charge is 0.262 e. The molecule has 4 rings (SSSR count). The van der Waals surface area contributed by atoms with Gasteiger partial charge in [0.2, 0.25) is 0 Å². The molecule has 0 radical (unpaired) electrons. The second-order valence-electron chi connectivity index (χ2n) is 7.74. The number of carbonyl (C=O) groups is 1. The fourth-order valence-electron chi connectivity index (χ4n) is 3.71. The second-order valence-corrected chi connectivity index (χ2v) is 7.74. The molecule has 0 aliphatic heterocycles. The number of nitriles is 1. The van der Waals surface area contributed by atoms with E-state index in [2.05, 4.69) is 23.5 Å². The van der Waals surface area contributed by atoms with Crippen molar-refractivity contribution in [3.05, 3.63) is 119 Å². The summed E-state index contributed by atoms with van der Waals surface area (Å²) in [5.41, 5.74) is 2.75. The standard InChI is InChI=1S/C29H24N2O2/c1-21(22-10-3-2-4-11-22)31-29(32)26(19-30)18-24-13-6-8-17-28(24)33-20-25-15-9-14-23-12-5-7-16-27(23)25/h2-18,21H,20H2,1H3,(H,31,32)/b26-18-/t21-/m0/s1. The molecule has 0 spiro atoms. The second kappa shape index (κ2) is 10.3. The Balaban J connectivity index is 1.53. The molecule has 4 nitrogen and oxygen atoms in total. The number of hydrogen-bond acceptors (Lipinski definition) is 3. The van der Waals surface area contributed by atoms with Crippen LogP contribution in [0.3, 0.4) is 0 Å². The molecule has 4 aromatic carbocycles. The van der Waals surface area contributed by atoms with Crippen molar-refractivity contribution in [3.8, 4) is 11.8 Å². The molecule has 1 atom stereocenters. The van der Waals surface area contributed by atoms with Crippen LogP contribution in [0.25, 0.3) is 16.8 Å². The Morgan fingerprint density at radius 1 is 0.939 bits per heavy atom. The van der Waals surface area contributed by atoms with Gasteiger partial charge < -0.3 is 10.1 Å². The van der Waals surface area contributed by atoms with Crippen LogP contribution in [0, 0.1) is 11.3 Å². The fraction of sp³-hybridized carbons (Fsp3) is 0.103. The zero-order chi connectivity index (χ0) is 23.0. The number of nitrogens with one attached hydrogen (secondary N) is 1. The van der Waals surface area contributed by atoms with Crippen LogP contribution in [0.5, 0.6) is 5.75 Å². The summed E-state index contributed by atoms with van der Waals surface area (Å²) in [5, 5.41) is 14.8. The van der Waals surface area contributed by atoms with Crippen molar-refractivity contribution >= 4 is 22.8 Å². The molecule has 0 fully saturated rings. The van der Waals surface area contributed by atoms with Gasteiger partial charge in [0.25, 0.3) is 5.91 Å². The topological polar surface area (TPSA) is 62.1 Å². The maximum absolute atomic E-state index is 12.8. The Hall–Kier alpha value is -4.36. The number of hydrogen-bond donors (Lipinski definition) is 1. The fourth-order valence-corrected chi connectivity index (χ4v) is 3.71. The highest BCUT2D eigenvalue weighted by Crippen LogP contribution is 2.25. The normalized spacial score (nSPS) is 12.1. The molecule has 33 heavy (non-hydrogen) atoms. The summed E-state index contributed by atoms with van der Waals surface area (Å²) in [6, 6.07) is 33.2. The summed E-state index contributed by atoms with van der Waals surface area (Å²) in [7, 11) is 0. The maximum Gasteiger partial charge on any atom is 0.262 e. The molecule has 162 valence electrons. The Labute approximate surface area is 193 Å². The van der Waals surface area contributed by atoms with E-state index in [0.717, 1.165) is 21.9 Å². The minimum Gasteiger partial charge on any atom is -0.488 e. The number of amides is 1. The third-order valence-corrected chi connectivity index (χ3v) is 5.49. The van der Waals surface area contributed by atoms with Crippen molar-refractivity contribution in [2.24, 2.45) is 0 Å². The quantitative estimate of drug-likeness (QED) is 0.279. The minimum atomic E-state index is -0.419. The first kappa shape index (κ1) is 21.9. The van der Waals surface area contributed by atoms with Crippen molar-refractivity contribution in [3.63, 3.8) is 0 Å². The van der Waals surface area contributed by atoms with Gasteiger partial charge in [-0.3, -0.25) is 4.79 Å².